The number of benzene rings is 1. The van der Waals surface area contributed by atoms with Crippen LogP contribution in [0.1, 0.15) is 25.2 Å². The summed E-state index contributed by atoms with van der Waals surface area (Å²) >= 11 is 0. The fourth-order valence-electron chi connectivity index (χ4n) is 2.50. The van der Waals surface area contributed by atoms with E-state index in [0.717, 1.165) is 17.1 Å². The minimum absolute atomic E-state index is 0.0162. The van der Waals surface area contributed by atoms with Gasteiger partial charge in [-0.3, -0.25) is 4.79 Å². The molecule has 1 amide bonds. The van der Waals surface area contributed by atoms with Crippen LogP contribution in [-0.4, -0.2) is 34.7 Å². The third kappa shape index (κ3) is 2.89. The number of aryl methyl sites for hydroxylation is 2. The number of carbonyl (C=O) groups is 1. The number of hydrogen-bond acceptors (Lipinski definition) is 6. The number of hydrogen-bond donors (Lipinski definition) is 1. The molecule has 126 valence electrons. The molecule has 0 spiro atoms. The Hall–Kier alpha value is -2.70. The summed E-state index contributed by atoms with van der Waals surface area (Å²) in [5, 5.41) is 11.2. The molecule has 7 heteroatoms. The van der Waals surface area contributed by atoms with Crippen LogP contribution in [0, 0.1) is 19.3 Å². The first-order valence-electron chi connectivity index (χ1n) is 7.78. The zero-order valence-electron chi connectivity index (χ0n) is 14.5. The molecule has 1 aliphatic rings. The fraction of sp³-hybridized carbons (Fsp3) is 0.412. The first-order chi connectivity index (χ1) is 11.3. The van der Waals surface area contributed by atoms with Crippen molar-refractivity contribution in [2.45, 2.75) is 27.7 Å². The van der Waals surface area contributed by atoms with Gasteiger partial charge in [0, 0.05) is 12.7 Å². The van der Waals surface area contributed by atoms with Crippen molar-refractivity contribution in [1.82, 2.24) is 15.2 Å². The lowest BCUT2D eigenvalue weighted by atomic mass is 9.93. The predicted octanol–water partition coefficient (Wildman–Crippen LogP) is 2.61. The highest BCUT2D eigenvalue weighted by Crippen LogP contribution is 2.37. The lowest BCUT2D eigenvalue weighted by Crippen LogP contribution is -2.39. The molecule has 0 unspecified atom stereocenters. The summed E-state index contributed by atoms with van der Waals surface area (Å²) < 4.78 is 5.81. The maximum absolute atomic E-state index is 12.6. The molecule has 0 bridgehead atoms. The lowest BCUT2D eigenvalue weighted by molar-refractivity contribution is -0.127. The van der Waals surface area contributed by atoms with Crippen molar-refractivity contribution in [3.63, 3.8) is 0 Å². The van der Waals surface area contributed by atoms with E-state index in [4.69, 9.17) is 4.74 Å². The molecule has 1 aromatic carbocycles. The molecule has 0 aliphatic carbocycles. The van der Waals surface area contributed by atoms with Gasteiger partial charge in [0.25, 0.3) is 0 Å². The SMILES string of the molecule is Cc1nnc(Nc2ccc3c(c2)N(C)C(=O)C(C)(C)CO3)nc1C. The molecule has 0 radical (unpaired) electrons. The number of fused-ring (bicyclic) bond motifs is 1. The van der Waals surface area contributed by atoms with Crippen LogP contribution < -0.4 is 15.0 Å². The van der Waals surface area contributed by atoms with Gasteiger partial charge in [-0.05, 0) is 45.9 Å². The Morgan fingerprint density at radius 2 is 1.96 bits per heavy atom. The van der Waals surface area contributed by atoms with Crippen LogP contribution in [0.15, 0.2) is 18.2 Å². The monoisotopic (exact) mass is 327 g/mol. The quantitative estimate of drug-likeness (QED) is 0.913. The Balaban J connectivity index is 1.92. The van der Waals surface area contributed by atoms with E-state index in [-0.39, 0.29) is 5.91 Å². The summed E-state index contributed by atoms with van der Waals surface area (Å²) in [7, 11) is 1.76. The highest BCUT2D eigenvalue weighted by molar-refractivity contribution is 5.99. The average molecular weight is 327 g/mol. The van der Waals surface area contributed by atoms with E-state index < -0.39 is 5.41 Å². The maximum atomic E-state index is 12.6. The van der Waals surface area contributed by atoms with Gasteiger partial charge in [-0.15, -0.1) is 5.10 Å². The highest BCUT2D eigenvalue weighted by Gasteiger charge is 2.36. The summed E-state index contributed by atoms with van der Waals surface area (Å²) in [5.41, 5.74) is 2.53. The van der Waals surface area contributed by atoms with Gasteiger partial charge in [0.15, 0.2) is 0 Å². The molecular weight excluding hydrogens is 306 g/mol. The van der Waals surface area contributed by atoms with Gasteiger partial charge in [0.1, 0.15) is 12.4 Å². The minimum atomic E-state index is -0.567. The van der Waals surface area contributed by atoms with Crippen molar-refractivity contribution < 1.29 is 9.53 Å². The molecule has 0 saturated carbocycles. The molecule has 1 N–H and O–H groups in total. The zero-order valence-corrected chi connectivity index (χ0v) is 14.5. The van der Waals surface area contributed by atoms with Gasteiger partial charge < -0.3 is 15.0 Å². The van der Waals surface area contributed by atoms with Gasteiger partial charge in [0.2, 0.25) is 11.9 Å². The zero-order chi connectivity index (χ0) is 17.5. The van der Waals surface area contributed by atoms with E-state index in [1.807, 2.05) is 45.9 Å². The molecule has 0 saturated heterocycles. The summed E-state index contributed by atoms with van der Waals surface area (Å²) in [6, 6.07) is 5.57. The van der Waals surface area contributed by atoms with Gasteiger partial charge in [-0.2, -0.15) is 5.10 Å². The van der Waals surface area contributed by atoms with E-state index in [9.17, 15) is 4.79 Å². The first kappa shape index (κ1) is 16.2. The molecule has 3 rings (SSSR count). The van der Waals surface area contributed by atoms with Crippen LogP contribution in [0.25, 0.3) is 0 Å². The number of ether oxygens (including phenoxy) is 1. The molecule has 0 fully saturated rings. The number of rotatable bonds is 2. The van der Waals surface area contributed by atoms with E-state index in [2.05, 4.69) is 20.5 Å². The van der Waals surface area contributed by atoms with E-state index >= 15 is 0 Å². The third-order valence-corrected chi connectivity index (χ3v) is 4.14. The summed E-state index contributed by atoms with van der Waals surface area (Å²) in [6.07, 6.45) is 0. The number of carbonyl (C=O) groups excluding carboxylic acids is 1. The molecular formula is C17H21N5O2. The van der Waals surface area contributed by atoms with Crippen LogP contribution in [-0.2, 0) is 4.79 Å². The normalized spacial score (nSPS) is 16.2. The Morgan fingerprint density at radius 1 is 1.21 bits per heavy atom. The van der Waals surface area contributed by atoms with Gasteiger partial charge in [-0.25, -0.2) is 4.98 Å². The third-order valence-electron chi connectivity index (χ3n) is 4.14. The van der Waals surface area contributed by atoms with Crippen LogP contribution in [0.2, 0.25) is 0 Å². The van der Waals surface area contributed by atoms with Crippen molar-refractivity contribution in [2.24, 2.45) is 5.41 Å². The fourth-order valence-corrected chi connectivity index (χ4v) is 2.50. The first-order valence-corrected chi connectivity index (χ1v) is 7.78. The van der Waals surface area contributed by atoms with Gasteiger partial charge in [0.05, 0.1) is 22.5 Å². The van der Waals surface area contributed by atoms with Crippen molar-refractivity contribution >= 4 is 23.2 Å². The van der Waals surface area contributed by atoms with Crippen molar-refractivity contribution in [2.75, 3.05) is 23.9 Å². The standard InChI is InChI=1S/C17H21N5O2/c1-10-11(2)20-21-16(18-10)19-12-6-7-14-13(8-12)22(5)15(23)17(3,4)9-24-14/h6-8H,9H2,1-5H3,(H,18,19,21). The van der Waals surface area contributed by atoms with E-state index in [1.54, 1.807) is 11.9 Å². The molecule has 1 aliphatic heterocycles. The largest absolute Gasteiger partial charge is 0.490 e. The molecule has 0 atom stereocenters. The summed E-state index contributed by atoms with van der Waals surface area (Å²) in [5.74, 6) is 1.12. The summed E-state index contributed by atoms with van der Waals surface area (Å²) in [4.78, 5) is 18.6. The van der Waals surface area contributed by atoms with Crippen LogP contribution in [0.3, 0.4) is 0 Å². The highest BCUT2D eigenvalue weighted by atomic mass is 16.5. The second kappa shape index (κ2) is 5.74. The maximum Gasteiger partial charge on any atom is 0.247 e. The summed E-state index contributed by atoms with van der Waals surface area (Å²) in [6.45, 7) is 7.85. The van der Waals surface area contributed by atoms with Crippen molar-refractivity contribution in [1.29, 1.82) is 0 Å². The number of anilines is 3. The second-order valence-electron chi connectivity index (χ2n) is 6.65. The Morgan fingerprint density at radius 3 is 2.67 bits per heavy atom. The molecule has 7 nitrogen and oxygen atoms in total. The second-order valence-corrected chi connectivity index (χ2v) is 6.65. The smallest absolute Gasteiger partial charge is 0.247 e. The topological polar surface area (TPSA) is 80.2 Å². The van der Waals surface area contributed by atoms with Crippen LogP contribution in [0.4, 0.5) is 17.3 Å². The number of amides is 1. The van der Waals surface area contributed by atoms with E-state index in [1.165, 1.54) is 0 Å². The predicted molar refractivity (Wildman–Crippen MR) is 91.7 cm³/mol. The average Bonchev–Trinajstić information content (AvgIpc) is 2.62. The molecule has 2 heterocycles. The van der Waals surface area contributed by atoms with Crippen LogP contribution >= 0.6 is 0 Å². The number of nitrogens with zero attached hydrogens (tertiary/aromatic N) is 4. The minimum Gasteiger partial charge on any atom is -0.490 e. The van der Waals surface area contributed by atoms with Crippen LogP contribution in [0.5, 0.6) is 5.75 Å². The Labute approximate surface area is 141 Å². The Kier molecular flexibility index (Phi) is 3.87. The number of aromatic nitrogens is 3. The van der Waals surface area contributed by atoms with Crippen molar-refractivity contribution in [3.8, 4) is 5.75 Å². The molecule has 1 aromatic heterocycles. The molecule has 24 heavy (non-hydrogen) atoms. The van der Waals surface area contributed by atoms with E-state index in [0.29, 0.717) is 24.0 Å². The van der Waals surface area contributed by atoms with Gasteiger partial charge >= 0.3 is 0 Å². The molecule has 2 aromatic rings. The number of nitrogens with one attached hydrogen (secondary N) is 1. The van der Waals surface area contributed by atoms with Gasteiger partial charge in [-0.1, -0.05) is 0 Å². The Bertz CT molecular complexity index is 804. The lowest BCUT2D eigenvalue weighted by Gasteiger charge is -2.24. The van der Waals surface area contributed by atoms with Crippen molar-refractivity contribution in [3.05, 3.63) is 29.6 Å².